The van der Waals surface area contributed by atoms with Gasteiger partial charge >= 0.3 is 0 Å². The zero-order valence-electron chi connectivity index (χ0n) is 13.0. The highest BCUT2D eigenvalue weighted by atomic mass is 32.1. The van der Waals surface area contributed by atoms with Gasteiger partial charge in [0.2, 0.25) is 11.8 Å². The Labute approximate surface area is 134 Å². The Morgan fingerprint density at radius 1 is 1.36 bits per heavy atom. The SMILES string of the molecule is C[C@@H]1CN(C(=O)[C@H]2CCC(=O)N2Cc2cccs2)C[C@@H](C)O1. The van der Waals surface area contributed by atoms with Gasteiger partial charge in [-0.05, 0) is 31.7 Å². The fraction of sp³-hybridized carbons (Fsp3) is 0.625. The van der Waals surface area contributed by atoms with Crippen LogP contribution in [0.1, 0.15) is 31.6 Å². The number of nitrogens with zero attached hydrogens (tertiary/aromatic N) is 2. The van der Waals surface area contributed by atoms with Crippen molar-refractivity contribution in [3.63, 3.8) is 0 Å². The monoisotopic (exact) mass is 322 g/mol. The van der Waals surface area contributed by atoms with Gasteiger partial charge in [-0.15, -0.1) is 11.3 Å². The van der Waals surface area contributed by atoms with Crippen LogP contribution in [0, 0.1) is 0 Å². The first-order valence-electron chi connectivity index (χ1n) is 7.80. The lowest BCUT2D eigenvalue weighted by Crippen LogP contribution is -2.53. The number of carbonyl (C=O) groups excluding carboxylic acids is 2. The number of ether oxygens (including phenoxy) is 1. The molecule has 0 radical (unpaired) electrons. The summed E-state index contributed by atoms with van der Waals surface area (Å²) < 4.78 is 5.69. The highest BCUT2D eigenvalue weighted by molar-refractivity contribution is 7.09. The van der Waals surface area contributed by atoms with Crippen molar-refractivity contribution in [3.05, 3.63) is 22.4 Å². The van der Waals surface area contributed by atoms with Crippen molar-refractivity contribution >= 4 is 23.2 Å². The third kappa shape index (κ3) is 3.17. The zero-order valence-corrected chi connectivity index (χ0v) is 13.8. The van der Waals surface area contributed by atoms with Gasteiger partial charge in [-0.25, -0.2) is 0 Å². The lowest BCUT2D eigenvalue weighted by Gasteiger charge is -2.38. The summed E-state index contributed by atoms with van der Waals surface area (Å²) in [4.78, 5) is 29.8. The Morgan fingerprint density at radius 2 is 2.09 bits per heavy atom. The van der Waals surface area contributed by atoms with Crippen LogP contribution < -0.4 is 0 Å². The molecule has 3 atom stereocenters. The molecule has 3 heterocycles. The van der Waals surface area contributed by atoms with E-state index in [1.54, 1.807) is 16.2 Å². The van der Waals surface area contributed by atoms with E-state index in [1.165, 1.54) is 0 Å². The Hall–Kier alpha value is -1.40. The Bertz CT molecular complexity index is 536. The van der Waals surface area contributed by atoms with E-state index in [1.807, 2.05) is 36.3 Å². The quantitative estimate of drug-likeness (QED) is 0.854. The van der Waals surface area contributed by atoms with Gasteiger partial charge in [-0.2, -0.15) is 0 Å². The predicted octanol–water partition coefficient (Wildman–Crippen LogP) is 1.87. The standard InChI is InChI=1S/C16H22N2O3S/c1-11-8-17(9-12(2)21-11)16(20)14-5-6-15(19)18(14)10-13-4-3-7-22-13/h3-4,7,11-12,14H,5-6,8-10H2,1-2H3/t11-,12-,14-/m1/s1. The largest absolute Gasteiger partial charge is 0.372 e. The molecule has 5 nitrogen and oxygen atoms in total. The maximum atomic E-state index is 12.9. The number of carbonyl (C=O) groups is 2. The Morgan fingerprint density at radius 3 is 2.73 bits per heavy atom. The van der Waals surface area contributed by atoms with E-state index in [0.29, 0.717) is 32.5 Å². The molecule has 0 bridgehead atoms. The van der Waals surface area contributed by atoms with Crippen LogP contribution in [0.15, 0.2) is 17.5 Å². The topological polar surface area (TPSA) is 49.9 Å². The Balaban J connectivity index is 1.71. The molecule has 2 aliphatic heterocycles. The number of rotatable bonds is 3. The number of likely N-dealkylation sites (tertiary alicyclic amines) is 1. The summed E-state index contributed by atoms with van der Waals surface area (Å²) in [6.07, 6.45) is 1.20. The summed E-state index contributed by atoms with van der Waals surface area (Å²) in [5.74, 6) is 0.158. The molecule has 120 valence electrons. The van der Waals surface area contributed by atoms with Gasteiger partial charge in [0.15, 0.2) is 0 Å². The first-order chi connectivity index (χ1) is 10.5. The van der Waals surface area contributed by atoms with Crippen LogP contribution in [-0.2, 0) is 20.9 Å². The first kappa shape index (κ1) is 15.5. The minimum Gasteiger partial charge on any atom is -0.372 e. The molecular formula is C16H22N2O3S. The van der Waals surface area contributed by atoms with Gasteiger partial charge in [0.05, 0.1) is 18.8 Å². The van der Waals surface area contributed by atoms with Crippen molar-refractivity contribution in [2.24, 2.45) is 0 Å². The zero-order chi connectivity index (χ0) is 15.7. The molecule has 2 aliphatic rings. The number of thiophene rings is 1. The molecule has 6 heteroatoms. The normalized spacial score (nSPS) is 29.2. The molecular weight excluding hydrogens is 300 g/mol. The van der Waals surface area contributed by atoms with Crippen molar-refractivity contribution in [2.75, 3.05) is 13.1 Å². The minimum absolute atomic E-state index is 0.0514. The average molecular weight is 322 g/mol. The molecule has 22 heavy (non-hydrogen) atoms. The predicted molar refractivity (Wildman–Crippen MR) is 84.5 cm³/mol. The van der Waals surface area contributed by atoms with E-state index in [2.05, 4.69) is 0 Å². The second kappa shape index (κ2) is 6.38. The molecule has 0 N–H and O–H groups in total. The van der Waals surface area contributed by atoms with E-state index >= 15 is 0 Å². The summed E-state index contributed by atoms with van der Waals surface area (Å²) in [7, 11) is 0. The molecule has 0 aromatic carbocycles. The maximum Gasteiger partial charge on any atom is 0.245 e. The van der Waals surface area contributed by atoms with E-state index < -0.39 is 0 Å². The van der Waals surface area contributed by atoms with Crippen molar-refractivity contribution in [3.8, 4) is 0 Å². The number of hydrogen-bond acceptors (Lipinski definition) is 4. The first-order valence-corrected chi connectivity index (χ1v) is 8.68. The van der Waals surface area contributed by atoms with E-state index in [4.69, 9.17) is 4.74 Å². The number of morpholine rings is 1. The third-order valence-electron chi connectivity index (χ3n) is 4.25. The third-order valence-corrected chi connectivity index (χ3v) is 5.11. The van der Waals surface area contributed by atoms with Crippen molar-refractivity contribution in [1.29, 1.82) is 0 Å². The van der Waals surface area contributed by atoms with Crippen LogP contribution in [0.3, 0.4) is 0 Å². The van der Waals surface area contributed by atoms with Crippen molar-refractivity contribution in [1.82, 2.24) is 9.80 Å². The molecule has 0 saturated carbocycles. The van der Waals surface area contributed by atoms with Gasteiger partial charge in [-0.1, -0.05) is 6.07 Å². The van der Waals surface area contributed by atoms with Crippen LogP contribution in [0.5, 0.6) is 0 Å². The van der Waals surface area contributed by atoms with Crippen LogP contribution in [0.2, 0.25) is 0 Å². The van der Waals surface area contributed by atoms with Gasteiger partial charge in [0.25, 0.3) is 0 Å². The fourth-order valence-electron chi connectivity index (χ4n) is 3.33. The summed E-state index contributed by atoms with van der Waals surface area (Å²) in [5, 5.41) is 2.00. The molecule has 2 saturated heterocycles. The van der Waals surface area contributed by atoms with Crippen LogP contribution in [-0.4, -0.2) is 53.0 Å². The molecule has 0 spiro atoms. The lowest BCUT2D eigenvalue weighted by atomic mass is 10.1. The Kier molecular flexibility index (Phi) is 4.49. The fourth-order valence-corrected chi connectivity index (χ4v) is 4.03. The maximum absolute atomic E-state index is 12.9. The number of amides is 2. The van der Waals surface area contributed by atoms with E-state index in [-0.39, 0.29) is 30.1 Å². The second-order valence-corrected chi connectivity index (χ2v) is 7.19. The molecule has 0 unspecified atom stereocenters. The van der Waals surface area contributed by atoms with Gasteiger partial charge < -0.3 is 14.5 Å². The molecule has 1 aromatic rings. The van der Waals surface area contributed by atoms with Crippen molar-refractivity contribution < 1.29 is 14.3 Å². The van der Waals surface area contributed by atoms with Crippen LogP contribution >= 0.6 is 11.3 Å². The molecule has 0 aliphatic carbocycles. The van der Waals surface area contributed by atoms with E-state index in [0.717, 1.165) is 4.88 Å². The van der Waals surface area contributed by atoms with Gasteiger partial charge in [0.1, 0.15) is 6.04 Å². The summed E-state index contributed by atoms with van der Waals surface area (Å²) >= 11 is 1.62. The average Bonchev–Trinajstić information content (AvgIpc) is 3.09. The molecule has 3 rings (SSSR count). The summed E-state index contributed by atoms with van der Waals surface area (Å²) in [6.45, 7) is 5.74. The van der Waals surface area contributed by atoms with Gasteiger partial charge in [0, 0.05) is 24.4 Å². The minimum atomic E-state index is -0.313. The second-order valence-electron chi connectivity index (χ2n) is 6.16. The van der Waals surface area contributed by atoms with Gasteiger partial charge in [-0.3, -0.25) is 9.59 Å². The number of hydrogen-bond donors (Lipinski definition) is 0. The molecule has 1 aromatic heterocycles. The highest BCUT2D eigenvalue weighted by Crippen LogP contribution is 2.25. The van der Waals surface area contributed by atoms with Crippen LogP contribution in [0.4, 0.5) is 0 Å². The molecule has 2 amide bonds. The highest BCUT2D eigenvalue weighted by Gasteiger charge is 2.39. The summed E-state index contributed by atoms with van der Waals surface area (Å²) in [6, 6.07) is 3.67. The van der Waals surface area contributed by atoms with Crippen LogP contribution in [0.25, 0.3) is 0 Å². The van der Waals surface area contributed by atoms with Crippen molar-refractivity contribution in [2.45, 2.75) is 51.5 Å². The smallest absolute Gasteiger partial charge is 0.245 e. The molecule has 2 fully saturated rings. The lowest BCUT2D eigenvalue weighted by molar-refractivity contribution is -0.150. The van der Waals surface area contributed by atoms with E-state index in [9.17, 15) is 9.59 Å². The summed E-state index contributed by atoms with van der Waals surface area (Å²) in [5.41, 5.74) is 0.